The molecule has 1 heterocycles. The lowest BCUT2D eigenvalue weighted by Crippen LogP contribution is -2.58. The summed E-state index contributed by atoms with van der Waals surface area (Å²) in [5, 5.41) is 0. The number of ether oxygens (including phenoxy) is 4. The van der Waals surface area contributed by atoms with Gasteiger partial charge in [0.2, 0.25) is 0 Å². The van der Waals surface area contributed by atoms with Crippen LogP contribution in [0.25, 0.3) is 0 Å². The monoisotopic (exact) mass is 232 g/mol. The molecule has 0 N–H and O–H groups in total. The van der Waals surface area contributed by atoms with Gasteiger partial charge in [0.25, 0.3) is 0 Å². The second-order valence-corrected chi connectivity index (χ2v) is 4.28. The van der Waals surface area contributed by atoms with Crippen LogP contribution in [0.5, 0.6) is 0 Å². The van der Waals surface area contributed by atoms with E-state index in [1.165, 1.54) is 0 Å². The van der Waals surface area contributed by atoms with Crippen molar-refractivity contribution in [2.24, 2.45) is 0 Å². The van der Waals surface area contributed by atoms with Crippen molar-refractivity contribution in [2.75, 3.05) is 20.8 Å². The molecule has 0 aliphatic carbocycles. The zero-order valence-corrected chi connectivity index (χ0v) is 10.9. The lowest BCUT2D eigenvalue weighted by molar-refractivity contribution is -0.239. The SMILES string of the molecule is CCCOC1C(OC)[C@H](C)OC(C)[C@@H]1OC. The molecule has 96 valence electrons. The van der Waals surface area contributed by atoms with Crippen LogP contribution >= 0.6 is 0 Å². The van der Waals surface area contributed by atoms with Gasteiger partial charge in [0, 0.05) is 20.8 Å². The van der Waals surface area contributed by atoms with Crippen molar-refractivity contribution in [3.63, 3.8) is 0 Å². The first-order chi connectivity index (χ1) is 7.65. The summed E-state index contributed by atoms with van der Waals surface area (Å²) in [5.41, 5.74) is 0. The molecule has 0 radical (unpaired) electrons. The Balaban J connectivity index is 2.72. The van der Waals surface area contributed by atoms with E-state index in [0.717, 1.165) is 13.0 Å². The molecule has 0 spiro atoms. The van der Waals surface area contributed by atoms with Crippen LogP contribution in [0, 0.1) is 0 Å². The van der Waals surface area contributed by atoms with Crippen LogP contribution in [0.2, 0.25) is 0 Å². The Hall–Kier alpha value is -0.160. The summed E-state index contributed by atoms with van der Waals surface area (Å²) >= 11 is 0. The average Bonchev–Trinajstić information content (AvgIpc) is 2.26. The number of rotatable bonds is 5. The van der Waals surface area contributed by atoms with E-state index in [1.54, 1.807) is 14.2 Å². The van der Waals surface area contributed by atoms with E-state index < -0.39 is 0 Å². The van der Waals surface area contributed by atoms with Gasteiger partial charge < -0.3 is 18.9 Å². The van der Waals surface area contributed by atoms with Crippen LogP contribution in [0.4, 0.5) is 0 Å². The molecule has 1 aliphatic rings. The maximum Gasteiger partial charge on any atom is 0.115 e. The summed E-state index contributed by atoms with van der Waals surface area (Å²) in [6.45, 7) is 6.84. The third-order valence-electron chi connectivity index (χ3n) is 3.06. The topological polar surface area (TPSA) is 36.9 Å². The molecule has 4 heteroatoms. The molecule has 0 aromatic carbocycles. The number of hydrogen-bond donors (Lipinski definition) is 0. The molecule has 4 nitrogen and oxygen atoms in total. The molecular formula is C12H24O4. The first-order valence-corrected chi connectivity index (χ1v) is 5.98. The van der Waals surface area contributed by atoms with Gasteiger partial charge in [-0.1, -0.05) is 6.92 Å². The zero-order chi connectivity index (χ0) is 12.1. The highest BCUT2D eigenvalue weighted by atomic mass is 16.6. The Morgan fingerprint density at radius 1 is 0.938 bits per heavy atom. The van der Waals surface area contributed by atoms with Crippen molar-refractivity contribution < 1.29 is 18.9 Å². The van der Waals surface area contributed by atoms with Gasteiger partial charge in [0.1, 0.15) is 18.3 Å². The summed E-state index contributed by atoms with van der Waals surface area (Å²) in [4.78, 5) is 0. The third kappa shape index (κ3) is 2.94. The van der Waals surface area contributed by atoms with Crippen LogP contribution in [0.15, 0.2) is 0 Å². The Morgan fingerprint density at radius 3 is 1.81 bits per heavy atom. The Labute approximate surface area is 98.2 Å². The maximum atomic E-state index is 5.85. The van der Waals surface area contributed by atoms with E-state index in [0.29, 0.717) is 0 Å². The Morgan fingerprint density at radius 2 is 1.44 bits per heavy atom. The Kier molecular flexibility index (Phi) is 5.69. The van der Waals surface area contributed by atoms with Crippen LogP contribution in [0.3, 0.4) is 0 Å². The van der Waals surface area contributed by atoms with Crippen molar-refractivity contribution in [3.05, 3.63) is 0 Å². The average molecular weight is 232 g/mol. The predicted molar refractivity (Wildman–Crippen MR) is 61.6 cm³/mol. The van der Waals surface area contributed by atoms with Crippen LogP contribution in [0.1, 0.15) is 27.2 Å². The fourth-order valence-corrected chi connectivity index (χ4v) is 2.31. The molecular weight excluding hydrogens is 208 g/mol. The summed E-state index contributed by atoms with van der Waals surface area (Å²) in [5.74, 6) is 0. The normalized spacial score (nSPS) is 39.9. The molecule has 0 aromatic rings. The van der Waals surface area contributed by atoms with Crippen molar-refractivity contribution in [3.8, 4) is 0 Å². The summed E-state index contributed by atoms with van der Waals surface area (Å²) < 4.78 is 22.6. The van der Waals surface area contributed by atoms with E-state index in [9.17, 15) is 0 Å². The highest BCUT2D eigenvalue weighted by Gasteiger charge is 2.43. The minimum atomic E-state index is -0.0623. The molecule has 0 saturated carbocycles. The predicted octanol–water partition coefficient (Wildman–Crippen LogP) is 1.62. The van der Waals surface area contributed by atoms with E-state index in [-0.39, 0.29) is 30.5 Å². The molecule has 3 unspecified atom stereocenters. The molecule has 0 bridgehead atoms. The highest BCUT2D eigenvalue weighted by molar-refractivity contribution is 4.92. The van der Waals surface area contributed by atoms with Gasteiger partial charge in [-0.2, -0.15) is 0 Å². The molecule has 0 amide bonds. The fourth-order valence-electron chi connectivity index (χ4n) is 2.31. The van der Waals surface area contributed by atoms with Gasteiger partial charge in [-0.3, -0.25) is 0 Å². The van der Waals surface area contributed by atoms with Crippen LogP contribution in [-0.4, -0.2) is 51.3 Å². The summed E-state index contributed by atoms with van der Waals surface area (Å²) in [7, 11) is 3.38. The second-order valence-electron chi connectivity index (χ2n) is 4.28. The van der Waals surface area contributed by atoms with Gasteiger partial charge in [0.15, 0.2) is 0 Å². The largest absolute Gasteiger partial charge is 0.376 e. The van der Waals surface area contributed by atoms with Gasteiger partial charge in [0.05, 0.1) is 12.2 Å². The fraction of sp³-hybridized carbons (Fsp3) is 1.00. The highest BCUT2D eigenvalue weighted by Crippen LogP contribution is 2.26. The van der Waals surface area contributed by atoms with Gasteiger partial charge >= 0.3 is 0 Å². The van der Waals surface area contributed by atoms with E-state index in [4.69, 9.17) is 18.9 Å². The van der Waals surface area contributed by atoms with Crippen molar-refractivity contribution in [1.82, 2.24) is 0 Å². The minimum Gasteiger partial charge on any atom is -0.376 e. The molecule has 1 fully saturated rings. The summed E-state index contributed by atoms with van der Waals surface area (Å²) in [6, 6.07) is 0. The van der Waals surface area contributed by atoms with Crippen molar-refractivity contribution in [2.45, 2.75) is 57.7 Å². The molecule has 1 rings (SSSR count). The standard InChI is InChI=1S/C12H24O4/c1-6-7-15-12-10(13-4)8(2)16-9(3)11(12)14-5/h8-12H,6-7H2,1-5H3/t8-,9?,10?,11-,12?/m0/s1. The van der Waals surface area contributed by atoms with Crippen molar-refractivity contribution >= 4 is 0 Å². The van der Waals surface area contributed by atoms with Crippen LogP contribution in [-0.2, 0) is 18.9 Å². The molecule has 16 heavy (non-hydrogen) atoms. The van der Waals surface area contributed by atoms with Gasteiger partial charge in [-0.05, 0) is 20.3 Å². The van der Waals surface area contributed by atoms with E-state index in [1.807, 2.05) is 13.8 Å². The number of hydrogen-bond acceptors (Lipinski definition) is 4. The minimum absolute atomic E-state index is 0.0354. The second kappa shape index (κ2) is 6.55. The maximum absolute atomic E-state index is 5.85. The van der Waals surface area contributed by atoms with Crippen molar-refractivity contribution in [1.29, 1.82) is 0 Å². The number of methoxy groups -OCH3 is 2. The lowest BCUT2D eigenvalue weighted by atomic mass is 9.96. The molecule has 1 saturated heterocycles. The quantitative estimate of drug-likeness (QED) is 0.722. The van der Waals surface area contributed by atoms with E-state index >= 15 is 0 Å². The third-order valence-corrected chi connectivity index (χ3v) is 3.06. The van der Waals surface area contributed by atoms with Gasteiger partial charge in [-0.15, -0.1) is 0 Å². The lowest BCUT2D eigenvalue weighted by Gasteiger charge is -2.43. The summed E-state index contributed by atoms with van der Waals surface area (Å²) in [6.07, 6.45) is 0.892. The van der Waals surface area contributed by atoms with Crippen LogP contribution < -0.4 is 0 Å². The first kappa shape index (κ1) is 13.9. The molecule has 0 aromatic heterocycles. The first-order valence-electron chi connectivity index (χ1n) is 5.98. The smallest absolute Gasteiger partial charge is 0.115 e. The van der Waals surface area contributed by atoms with E-state index in [2.05, 4.69) is 6.92 Å². The Bertz CT molecular complexity index is 181. The molecule has 1 aliphatic heterocycles. The van der Waals surface area contributed by atoms with Gasteiger partial charge in [-0.25, -0.2) is 0 Å². The molecule has 5 atom stereocenters. The zero-order valence-electron chi connectivity index (χ0n) is 10.9.